The van der Waals surface area contributed by atoms with Gasteiger partial charge in [-0.2, -0.15) is 0 Å². The molecule has 1 amide bonds. The normalized spacial score (nSPS) is 24.7. The second-order valence-corrected chi connectivity index (χ2v) is 7.99. The first kappa shape index (κ1) is 15.9. The monoisotopic (exact) mass is 319 g/mol. The first-order valence-corrected chi connectivity index (χ1v) is 9.94. The summed E-state index contributed by atoms with van der Waals surface area (Å²) >= 11 is -0.932. The molecule has 0 spiro atoms. The number of nitrogens with zero attached hydrogens (tertiary/aromatic N) is 1. The molecule has 2 fully saturated rings. The predicted octanol–water partition coefficient (Wildman–Crippen LogP) is 3.15. The Morgan fingerprint density at radius 3 is 2.45 bits per heavy atom. The van der Waals surface area contributed by atoms with Gasteiger partial charge in [-0.25, -0.2) is 0 Å². The molecule has 2 atom stereocenters. The maximum atomic E-state index is 12.7. The van der Waals surface area contributed by atoms with Crippen molar-refractivity contribution >= 4 is 17.1 Å². The maximum absolute atomic E-state index is 12.7. The van der Waals surface area contributed by atoms with Crippen LogP contribution in [0.3, 0.4) is 0 Å². The molecule has 120 valence electrons. The molecule has 1 aromatic rings. The molecule has 4 heteroatoms. The number of amides is 1. The lowest BCUT2D eigenvalue weighted by Gasteiger charge is -2.31. The minimum Gasteiger partial charge on any atom is -0.612 e. The molecule has 1 heterocycles. The van der Waals surface area contributed by atoms with Crippen molar-refractivity contribution in [1.82, 2.24) is 4.90 Å². The van der Waals surface area contributed by atoms with Crippen LogP contribution in [-0.4, -0.2) is 34.2 Å². The zero-order chi connectivity index (χ0) is 15.5. The molecular formula is C18H25NO2S. The summed E-state index contributed by atoms with van der Waals surface area (Å²) in [6, 6.07) is 8.38. The predicted molar refractivity (Wildman–Crippen MR) is 89.2 cm³/mol. The summed E-state index contributed by atoms with van der Waals surface area (Å²) in [5, 5.41) is 0. The van der Waals surface area contributed by atoms with Gasteiger partial charge in [-0.1, -0.05) is 31.4 Å². The van der Waals surface area contributed by atoms with Gasteiger partial charge in [0, 0.05) is 18.5 Å². The Morgan fingerprint density at radius 1 is 1.14 bits per heavy atom. The Hall–Kier alpha value is -1.00. The van der Waals surface area contributed by atoms with Crippen LogP contribution in [0.5, 0.6) is 0 Å². The smallest absolute Gasteiger partial charge is 0.226 e. The fourth-order valence-corrected chi connectivity index (χ4v) is 4.33. The molecule has 1 saturated heterocycles. The second-order valence-electron chi connectivity index (χ2n) is 6.61. The Morgan fingerprint density at radius 2 is 1.82 bits per heavy atom. The highest BCUT2D eigenvalue weighted by atomic mass is 32.2. The van der Waals surface area contributed by atoms with Crippen molar-refractivity contribution in [3.63, 3.8) is 0 Å². The van der Waals surface area contributed by atoms with Gasteiger partial charge in [0.05, 0.1) is 0 Å². The highest BCUT2D eigenvalue weighted by Gasteiger charge is 2.35. The molecular weight excluding hydrogens is 294 g/mol. The quantitative estimate of drug-likeness (QED) is 0.800. The van der Waals surface area contributed by atoms with Crippen molar-refractivity contribution in [3.8, 4) is 0 Å². The number of hydrogen-bond donors (Lipinski definition) is 0. The van der Waals surface area contributed by atoms with Gasteiger partial charge < -0.3 is 9.45 Å². The van der Waals surface area contributed by atoms with E-state index in [1.54, 1.807) is 6.26 Å². The zero-order valence-corrected chi connectivity index (χ0v) is 14.1. The number of carbonyl (C=O) groups excluding carboxylic acids is 1. The number of likely N-dealkylation sites (tertiary alicyclic amines) is 1. The van der Waals surface area contributed by atoms with Gasteiger partial charge in [-0.05, 0) is 54.6 Å². The maximum Gasteiger partial charge on any atom is 0.226 e. The first-order chi connectivity index (χ1) is 10.6. The standard InChI is InChI=1S/C18H25NO2S/c1-22(21)17-9-7-14(8-10-17)13-15-11-12-19(18(15)20)16-5-3-2-4-6-16/h7-10,15-16H,2-6,11-13H2,1H3. The Balaban J connectivity index is 1.60. The van der Waals surface area contributed by atoms with Gasteiger partial charge >= 0.3 is 0 Å². The van der Waals surface area contributed by atoms with Gasteiger partial charge in [0.25, 0.3) is 0 Å². The van der Waals surface area contributed by atoms with Crippen molar-refractivity contribution in [2.75, 3.05) is 12.8 Å². The van der Waals surface area contributed by atoms with E-state index in [2.05, 4.69) is 4.90 Å². The van der Waals surface area contributed by atoms with E-state index in [0.29, 0.717) is 11.9 Å². The van der Waals surface area contributed by atoms with Crippen LogP contribution in [0, 0.1) is 5.92 Å². The topological polar surface area (TPSA) is 43.4 Å². The number of hydrogen-bond acceptors (Lipinski definition) is 2. The number of carbonyl (C=O) groups is 1. The van der Waals surface area contributed by atoms with E-state index >= 15 is 0 Å². The first-order valence-electron chi connectivity index (χ1n) is 8.38. The zero-order valence-electron chi connectivity index (χ0n) is 13.3. The Bertz CT molecular complexity index is 508. The van der Waals surface area contributed by atoms with E-state index in [9.17, 15) is 9.35 Å². The minimum absolute atomic E-state index is 0.139. The number of benzene rings is 1. The van der Waals surface area contributed by atoms with Gasteiger partial charge in [0.2, 0.25) is 5.91 Å². The van der Waals surface area contributed by atoms with Crippen LogP contribution in [0.2, 0.25) is 0 Å². The molecule has 0 bridgehead atoms. The van der Waals surface area contributed by atoms with Gasteiger partial charge in [0.15, 0.2) is 4.90 Å². The summed E-state index contributed by atoms with van der Waals surface area (Å²) in [7, 11) is 0. The van der Waals surface area contributed by atoms with E-state index in [-0.39, 0.29) is 5.92 Å². The molecule has 22 heavy (non-hydrogen) atoms. The van der Waals surface area contributed by atoms with Crippen molar-refractivity contribution < 1.29 is 9.35 Å². The summed E-state index contributed by atoms with van der Waals surface area (Å²) in [6.07, 6.45) is 9.74. The molecule has 1 aliphatic carbocycles. The van der Waals surface area contributed by atoms with Crippen LogP contribution < -0.4 is 0 Å². The van der Waals surface area contributed by atoms with Crippen LogP contribution >= 0.6 is 0 Å². The van der Waals surface area contributed by atoms with Crippen LogP contribution in [0.1, 0.15) is 44.1 Å². The molecule has 0 N–H and O–H groups in total. The minimum atomic E-state index is -0.932. The molecule has 1 aromatic carbocycles. The lowest BCUT2D eigenvalue weighted by molar-refractivity contribution is -0.133. The van der Waals surface area contributed by atoms with Gasteiger partial charge in [0.1, 0.15) is 6.26 Å². The van der Waals surface area contributed by atoms with E-state index in [0.717, 1.165) is 24.3 Å². The fraction of sp³-hybridized carbons (Fsp3) is 0.611. The average molecular weight is 319 g/mol. The molecule has 1 saturated carbocycles. The van der Waals surface area contributed by atoms with Crippen LogP contribution in [0.4, 0.5) is 0 Å². The third-order valence-electron chi connectivity index (χ3n) is 5.10. The summed E-state index contributed by atoms with van der Waals surface area (Å²) < 4.78 is 11.4. The van der Waals surface area contributed by atoms with Crippen molar-refractivity contribution in [1.29, 1.82) is 0 Å². The van der Waals surface area contributed by atoms with E-state index < -0.39 is 11.2 Å². The third-order valence-corrected chi connectivity index (χ3v) is 6.04. The summed E-state index contributed by atoms with van der Waals surface area (Å²) in [4.78, 5) is 15.7. The lowest BCUT2D eigenvalue weighted by atomic mass is 9.94. The van der Waals surface area contributed by atoms with Crippen LogP contribution in [-0.2, 0) is 22.4 Å². The lowest BCUT2D eigenvalue weighted by Crippen LogP contribution is -2.39. The number of rotatable bonds is 4. The molecule has 2 unspecified atom stereocenters. The van der Waals surface area contributed by atoms with Crippen molar-refractivity contribution in [2.45, 2.75) is 55.9 Å². The molecule has 1 aliphatic heterocycles. The second kappa shape index (κ2) is 7.05. The summed E-state index contributed by atoms with van der Waals surface area (Å²) in [6.45, 7) is 0.936. The summed E-state index contributed by atoms with van der Waals surface area (Å²) in [5.41, 5.74) is 1.18. The Kier molecular flexibility index (Phi) is 5.09. The highest BCUT2D eigenvalue weighted by molar-refractivity contribution is 7.90. The van der Waals surface area contributed by atoms with E-state index in [4.69, 9.17) is 0 Å². The average Bonchev–Trinajstić information content (AvgIpc) is 2.90. The molecule has 0 aromatic heterocycles. The SMILES string of the molecule is C[S+]([O-])c1ccc(CC2CCN(C3CCCCC3)C2=O)cc1. The van der Waals surface area contributed by atoms with E-state index in [1.165, 1.54) is 37.7 Å². The van der Waals surface area contributed by atoms with Crippen LogP contribution in [0.25, 0.3) is 0 Å². The van der Waals surface area contributed by atoms with E-state index in [1.807, 2.05) is 24.3 Å². The Labute approximate surface area is 136 Å². The largest absolute Gasteiger partial charge is 0.612 e. The molecule has 3 rings (SSSR count). The molecule has 2 aliphatic rings. The fourth-order valence-electron chi connectivity index (χ4n) is 3.81. The van der Waals surface area contributed by atoms with Crippen molar-refractivity contribution in [2.24, 2.45) is 5.92 Å². The van der Waals surface area contributed by atoms with Gasteiger partial charge in [-0.15, -0.1) is 0 Å². The molecule has 0 radical (unpaired) electrons. The third kappa shape index (κ3) is 3.49. The summed E-state index contributed by atoms with van der Waals surface area (Å²) in [5.74, 6) is 0.495. The van der Waals surface area contributed by atoms with Crippen LogP contribution in [0.15, 0.2) is 29.2 Å². The highest BCUT2D eigenvalue weighted by Crippen LogP contribution is 2.30. The van der Waals surface area contributed by atoms with Gasteiger partial charge in [-0.3, -0.25) is 4.79 Å². The van der Waals surface area contributed by atoms with Crippen molar-refractivity contribution in [3.05, 3.63) is 29.8 Å². The molecule has 3 nitrogen and oxygen atoms in total.